The van der Waals surface area contributed by atoms with Gasteiger partial charge in [0.2, 0.25) is 0 Å². The van der Waals surface area contributed by atoms with E-state index in [2.05, 4.69) is 0 Å². The molecule has 10 heavy (non-hydrogen) atoms. The quantitative estimate of drug-likeness (QED) is 0.466. The second kappa shape index (κ2) is 1.39. The molecule has 2 bridgehead atoms. The van der Waals surface area contributed by atoms with Crippen LogP contribution in [-0.4, -0.2) is 12.1 Å². The highest BCUT2D eigenvalue weighted by molar-refractivity contribution is 5.76. The fourth-order valence-corrected chi connectivity index (χ4v) is 2.93. The maximum atomic E-state index is 11.1. The lowest BCUT2D eigenvalue weighted by Crippen LogP contribution is -2.15. The van der Waals surface area contributed by atoms with Gasteiger partial charge in [-0.2, -0.15) is 0 Å². The van der Waals surface area contributed by atoms with Gasteiger partial charge in [-0.1, -0.05) is 0 Å². The number of carbonyl (C=O) groups excluding carboxylic acids is 1. The van der Waals surface area contributed by atoms with Gasteiger partial charge < -0.3 is 4.74 Å². The van der Waals surface area contributed by atoms with Crippen LogP contribution in [0.3, 0.4) is 0 Å². The molecule has 0 aromatic carbocycles. The van der Waals surface area contributed by atoms with Crippen LogP contribution in [-0.2, 0) is 9.53 Å². The van der Waals surface area contributed by atoms with Gasteiger partial charge in [0.15, 0.2) is 0 Å². The summed E-state index contributed by atoms with van der Waals surface area (Å²) in [6, 6.07) is 0. The van der Waals surface area contributed by atoms with E-state index in [-0.39, 0.29) is 5.97 Å². The van der Waals surface area contributed by atoms with E-state index >= 15 is 0 Å². The second-order valence-corrected chi connectivity index (χ2v) is 3.82. The second-order valence-electron chi connectivity index (χ2n) is 3.82. The molecule has 2 heteroatoms. The van der Waals surface area contributed by atoms with Crippen LogP contribution in [0.1, 0.15) is 19.3 Å². The molecule has 0 spiro atoms. The van der Waals surface area contributed by atoms with Crippen LogP contribution in [0.4, 0.5) is 0 Å². The molecule has 2 saturated carbocycles. The summed E-state index contributed by atoms with van der Waals surface area (Å²) in [5.74, 6) is 1.85. The summed E-state index contributed by atoms with van der Waals surface area (Å²) in [5.41, 5.74) is 0. The molecule has 3 fully saturated rings. The van der Waals surface area contributed by atoms with Crippen LogP contribution >= 0.6 is 0 Å². The van der Waals surface area contributed by atoms with E-state index in [0.29, 0.717) is 17.9 Å². The summed E-state index contributed by atoms with van der Waals surface area (Å²) in [4.78, 5) is 11.1. The summed E-state index contributed by atoms with van der Waals surface area (Å²) >= 11 is 0. The first kappa shape index (κ1) is 5.16. The molecular weight excluding hydrogens is 128 g/mol. The molecule has 3 rings (SSSR count). The highest BCUT2D eigenvalue weighted by Crippen LogP contribution is 2.54. The van der Waals surface area contributed by atoms with Crippen LogP contribution < -0.4 is 0 Å². The Balaban J connectivity index is 2.05. The fourth-order valence-electron chi connectivity index (χ4n) is 2.93. The standard InChI is InChI=1S/C8H10O2/c9-8-6-2-4-1-5(6)7(3-4)10-8/h4-7H,1-3H2/t4-,5?,6?,7?/m0/s1. The first-order valence-electron chi connectivity index (χ1n) is 4.05. The lowest BCUT2D eigenvalue weighted by molar-refractivity contribution is -0.143. The number of ether oxygens (including phenoxy) is 1. The molecular formula is C8H10O2. The molecule has 2 nitrogen and oxygen atoms in total. The minimum Gasteiger partial charge on any atom is -0.462 e. The van der Waals surface area contributed by atoms with Crippen molar-refractivity contribution in [3.63, 3.8) is 0 Å². The van der Waals surface area contributed by atoms with Gasteiger partial charge in [0, 0.05) is 5.92 Å². The van der Waals surface area contributed by atoms with Crippen molar-refractivity contribution < 1.29 is 9.53 Å². The number of hydrogen-bond donors (Lipinski definition) is 0. The van der Waals surface area contributed by atoms with Gasteiger partial charge >= 0.3 is 5.97 Å². The van der Waals surface area contributed by atoms with Crippen LogP contribution in [0.5, 0.6) is 0 Å². The zero-order valence-corrected chi connectivity index (χ0v) is 5.75. The summed E-state index contributed by atoms with van der Waals surface area (Å²) in [6.07, 6.45) is 3.88. The topological polar surface area (TPSA) is 26.3 Å². The van der Waals surface area contributed by atoms with Gasteiger partial charge in [-0.05, 0) is 25.2 Å². The molecule has 1 saturated heterocycles. The molecule has 0 radical (unpaired) electrons. The van der Waals surface area contributed by atoms with E-state index in [4.69, 9.17) is 4.74 Å². The number of carbonyl (C=O) groups is 1. The molecule has 2 aliphatic carbocycles. The minimum absolute atomic E-state index is 0.0926. The highest BCUT2D eigenvalue weighted by atomic mass is 16.6. The van der Waals surface area contributed by atoms with Crippen LogP contribution in [0.2, 0.25) is 0 Å². The highest BCUT2D eigenvalue weighted by Gasteiger charge is 2.56. The maximum absolute atomic E-state index is 11.1. The van der Waals surface area contributed by atoms with E-state index in [1.54, 1.807) is 0 Å². The number of hydrogen-bond acceptors (Lipinski definition) is 2. The first-order chi connectivity index (χ1) is 4.84. The Morgan fingerprint density at radius 2 is 2.20 bits per heavy atom. The minimum atomic E-state index is 0.0926. The monoisotopic (exact) mass is 138 g/mol. The Labute approximate surface area is 59.6 Å². The van der Waals surface area contributed by atoms with Crippen molar-refractivity contribution in [3.05, 3.63) is 0 Å². The van der Waals surface area contributed by atoms with Gasteiger partial charge in [-0.3, -0.25) is 4.79 Å². The zero-order chi connectivity index (χ0) is 6.72. The Morgan fingerprint density at radius 3 is 2.80 bits per heavy atom. The van der Waals surface area contributed by atoms with E-state index < -0.39 is 0 Å². The van der Waals surface area contributed by atoms with E-state index in [9.17, 15) is 4.79 Å². The normalized spacial score (nSPS) is 55.8. The molecule has 1 aliphatic heterocycles. The molecule has 54 valence electrons. The summed E-state index contributed by atoms with van der Waals surface area (Å²) < 4.78 is 5.20. The van der Waals surface area contributed by atoms with Crippen LogP contribution in [0.15, 0.2) is 0 Å². The summed E-state index contributed by atoms with van der Waals surface area (Å²) in [5, 5.41) is 0. The first-order valence-corrected chi connectivity index (χ1v) is 4.05. The third-order valence-corrected chi connectivity index (χ3v) is 3.32. The van der Waals surface area contributed by atoms with Gasteiger partial charge in [-0.25, -0.2) is 0 Å². The van der Waals surface area contributed by atoms with Crippen molar-refractivity contribution >= 4 is 5.97 Å². The Kier molecular flexibility index (Phi) is 0.715. The number of esters is 1. The number of fused-ring (bicyclic) bond motifs is 1. The predicted octanol–water partition coefficient (Wildman–Crippen LogP) is 0.958. The van der Waals surface area contributed by atoms with Crippen molar-refractivity contribution in [1.29, 1.82) is 0 Å². The van der Waals surface area contributed by atoms with E-state index in [1.165, 1.54) is 6.42 Å². The smallest absolute Gasteiger partial charge is 0.309 e. The fraction of sp³-hybridized carbons (Fsp3) is 0.875. The Morgan fingerprint density at radius 1 is 1.30 bits per heavy atom. The number of rotatable bonds is 0. The van der Waals surface area contributed by atoms with E-state index in [1.807, 2.05) is 0 Å². The SMILES string of the molecule is O=C1OC2C[C@@H]3CC1C2C3. The average molecular weight is 138 g/mol. The zero-order valence-electron chi connectivity index (χ0n) is 5.75. The average Bonchev–Trinajstić information content (AvgIpc) is 2.44. The lowest BCUT2D eigenvalue weighted by atomic mass is 9.90. The lowest BCUT2D eigenvalue weighted by Gasteiger charge is -2.11. The molecule has 0 amide bonds. The Hall–Kier alpha value is -0.530. The van der Waals surface area contributed by atoms with Gasteiger partial charge in [-0.15, -0.1) is 0 Å². The molecule has 0 aromatic rings. The largest absolute Gasteiger partial charge is 0.462 e. The Bertz CT molecular complexity index is 197. The van der Waals surface area contributed by atoms with Gasteiger partial charge in [0.05, 0.1) is 5.92 Å². The van der Waals surface area contributed by atoms with Crippen molar-refractivity contribution in [1.82, 2.24) is 0 Å². The van der Waals surface area contributed by atoms with Crippen molar-refractivity contribution in [2.45, 2.75) is 25.4 Å². The van der Waals surface area contributed by atoms with E-state index in [0.717, 1.165) is 18.8 Å². The van der Waals surface area contributed by atoms with Gasteiger partial charge in [0.1, 0.15) is 6.10 Å². The molecule has 0 N–H and O–H groups in total. The molecule has 1 heterocycles. The van der Waals surface area contributed by atoms with Crippen molar-refractivity contribution in [2.75, 3.05) is 0 Å². The third kappa shape index (κ3) is 0.414. The predicted molar refractivity (Wildman–Crippen MR) is 34.2 cm³/mol. The maximum Gasteiger partial charge on any atom is 0.309 e. The summed E-state index contributed by atoms with van der Waals surface area (Å²) in [6.45, 7) is 0. The van der Waals surface area contributed by atoms with Crippen molar-refractivity contribution in [3.8, 4) is 0 Å². The van der Waals surface area contributed by atoms with Crippen LogP contribution in [0.25, 0.3) is 0 Å². The molecule has 3 unspecified atom stereocenters. The molecule has 0 aromatic heterocycles. The molecule has 4 atom stereocenters. The van der Waals surface area contributed by atoms with Crippen molar-refractivity contribution in [2.24, 2.45) is 17.8 Å². The van der Waals surface area contributed by atoms with Crippen LogP contribution in [0, 0.1) is 17.8 Å². The van der Waals surface area contributed by atoms with Gasteiger partial charge in [0.25, 0.3) is 0 Å². The molecule has 3 aliphatic rings. The third-order valence-electron chi connectivity index (χ3n) is 3.32. The summed E-state index contributed by atoms with van der Waals surface area (Å²) in [7, 11) is 0.